The maximum absolute atomic E-state index is 12.3. The second-order valence-electron chi connectivity index (χ2n) is 12.0. The first-order chi connectivity index (χ1) is 18.4. The molecule has 0 N–H and O–H groups in total. The molecule has 4 nitrogen and oxygen atoms in total. The van der Waals surface area contributed by atoms with E-state index >= 15 is 0 Å². The minimum atomic E-state index is 0.00295. The summed E-state index contributed by atoms with van der Waals surface area (Å²) in [6.07, 6.45) is 23.6. The fourth-order valence-electron chi connectivity index (χ4n) is 5.26. The van der Waals surface area contributed by atoms with Crippen LogP contribution in [0.3, 0.4) is 0 Å². The van der Waals surface area contributed by atoms with E-state index in [9.17, 15) is 9.59 Å². The minimum Gasteiger partial charge on any atom is -0.462 e. The summed E-state index contributed by atoms with van der Waals surface area (Å²) in [7, 11) is 0. The molecule has 0 aliphatic carbocycles. The van der Waals surface area contributed by atoms with E-state index in [1.54, 1.807) is 0 Å². The molecule has 0 heterocycles. The Labute approximate surface area is 237 Å². The monoisotopic (exact) mass is 538 g/mol. The highest BCUT2D eigenvalue weighted by Crippen LogP contribution is 2.25. The molecular weight excluding hydrogens is 472 g/mol. The maximum Gasteiger partial charge on any atom is 0.306 e. The van der Waals surface area contributed by atoms with Crippen LogP contribution in [-0.2, 0) is 19.1 Å². The first-order valence-corrected chi connectivity index (χ1v) is 16.8. The fraction of sp³-hybridized carbons (Fsp3) is 0.941. The number of hydrogen-bond donors (Lipinski definition) is 0. The van der Waals surface area contributed by atoms with Crippen molar-refractivity contribution in [3.8, 4) is 0 Å². The Balaban J connectivity index is 4.09. The van der Waals surface area contributed by atoms with E-state index in [4.69, 9.17) is 9.47 Å². The molecule has 0 fully saturated rings. The lowest BCUT2D eigenvalue weighted by Gasteiger charge is -2.21. The summed E-state index contributed by atoms with van der Waals surface area (Å²) >= 11 is 0. The van der Waals surface area contributed by atoms with Crippen LogP contribution < -0.4 is 0 Å². The van der Waals surface area contributed by atoms with E-state index in [1.807, 2.05) is 0 Å². The molecule has 0 unspecified atom stereocenters. The van der Waals surface area contributed by atoms with Gasteiger partial charge in [-0.05, 0) is 50.4 Å². The fourth-order valence-corrected chi connectivity index (χ4v) is 5.26. The Kier molecular flexibility index (Phi) is 25.4. The number of esters is 2. The third-order valence-corrected chi connectivity index (χ3v) is 7.97. The quantitative estimate of drug-likeness (QED) is 0.0770. The van der Waals surface area contributed by atoms with Crippen LogP contribution in [0.4, 0.5) is 0 Å². The molecule has 0 aromatic rings. The Morgan fingerprint density at radius 3 is 1.11 bits per heavy atom. The van der Waals surface area contributed by atoms with Crippen LogP contribution in [0, 0.1) is 11.8 Å². The predicted molar refractivity (Wildman–Crippen MR) is 162 cm³/mol. The largest absolute Gasteiger partial charge is 0.462 e. The maximum atomic E-state index is 12.3. The Morgan fingerprint density at radius 1 is 0.474 bits per heavy atom. The van der Waals surface area contributed by atoms with Crippen molar-refractivity contribution in [1.82, 2.24) is 0 Å². The summed E-state index contributed by atoms with van der Waals surface area (Å²) in [4.78, 5) is 24.7. The highest BCUT2D eigenvalue weighted by molar-refractivity contribution is 5.69. The van der Waals surface area contributed by atoms with Crippen LogP contribution in [0.1, 0.15) is 183 Å². The van der Waals surface area contributed by atoms with Crippen LogP contribution in [0.5, 0.6) is 0 Å². The predicted octanol–water partition coefficient (Wildman–Crippen LogP) is 10.7. The number of unbranched alkanes of at least 4 members (excludes halogenated alkanes) is 8. The van der Waals surface area contributed by atoms with Crippen molar-refractivity contribution in [1.29, 1.82) is 0 Å². The molecule has 0 amide bonds. The zero-order valence-corrected chi connectivity index (χ0v) is 26.5. The molecule has 0 spiro atoms. The van der Waals surface area contributed by atoms with Gasteiger partial charge in [0.1, 0.15) is 12.2 Å². The Morgan fingerprint density at radius 2 is 0.816 bits per heavy atom. The van der Waals surface area contributed by atoms with E-state index in [0.717, 1.165) is 109 Å². The van der Waals surface area contributed by atoms with Crippen molar-refractivity contribution in [2.45, 2.75) is 195 Å². The number of ether oxygens (including phenoxy) is 2. The number of carbonyl (C=O) groups is 2. The first kappa shape index (κ1) is 36.9. The van der Waals surface area contributed by atoms with Gasteiger partial charge in [0.15, 0.2) is 0 Å². The topological polar surface area (TPSA) is 52.6 Å². The van der Waals surface area contributed by atoms with Crippen LogP contribution >= 0.6 is 0 Å². The van der Waals surface area contributed by atoms with Gasteiger partial charge in [-0.2, -0.15) is 0 Å². The standard InChI is InChI=1S/C34H66O4/c1-7-11-23-31(24-12-8-2)37-33(35)27-19-15-17-21-30(29(5)6)22-18-16-20-28-34(36)38-32(25-13-9-3)26-14-10-4/h29-32H,7-28H2,1-6H3. The lowest BCUT2D eigenvalue weighted by atomic mass is 9.85. The van der Waals surface area contributed by atoms with Crippen LogP contribution in [0.25, 0.3) is 0 Å². The smallest absolute Gasteiger partial charge is 0.306 e. The number of carbonyl (C=O) groups excluding carboxylic acids is 2. The van der Waals surface area contributed by atoms with Crippen molar-refractivity contribution in [2.75, 3.05) is 0 Å². The second kappa shape index (κ2) is 26.2. The third kappa shape index (κ3) is 21.8. The molecule has 0 aromatic carbocycles. The lowest BCUT2D eigenvalue weighted by molar-refractivity contribution is -0.151. The van der Waals surface area contributed by atoms with Crippen molar-refractivity contribution in [2.24, 2.45) is 11.8 Å². The van der Waals surface area contributed by atoms with Gasteiger partial charge in [-0.15, -0.1) is 0 Å². The molecule has 38 heavy (non-hydrogen) atoms. The molecule has 0 radical (unpaired) electrons. The van der Waals surface area contributed by atoms with Crippen molar-refractivity contribution >= 4 is 11.9 Å². The molecule has 226 valence electrons. The van der Waals surface area contributed by atoms with Crippen LogP contribution in [0.15, 0.2) is 0 Å². The van der Waals surface area contributed by atoms with E-state index < -0.39 is 0 Å². The van der Waals surface area contributed by atoms with Gasteiger partial charge in [-0.3, -0.25) is 9.59 Å². The number of hydrogen-bond acceptors (Lipinski definition) is 4. The normalized spacial score (nSPS) is 11.7. The SMILES string of the molecule is CCCCC(CCCC)OC(=O)CCCCCC(CCCCCC(=O)OC(CCCC)CCCC)C(C)C. The van der Waals surface area contributed by atoms with Gasteiger partial charge < -0.3 is 9.47 Å². The van der Waals surface area contributed by atoms with Gasteiger partial charge in [-0.25, -0.2) is 0 Å². The minimum absolute atomic E-state index is 0.00295. The zero-order valence-electron chi connectivity index (χ0n) is 26.5. The number of rotatable bonds is 27. The molecule has 0 aromatic heterocycles. The van der Waals surface area contributed by atoms with Gasteiger partial charge in [-0.1, -0.05) is 131 Å². The van der Waals surface area contributed by atoms with Crippen molar-refractivity contribution in [3.63, 3.8) is 0 Å². The van der Waals surface area contributed by atoms with Crippen molar-refractivity contribution in [3.05, 3.63) is 0 Å². The first-order valence-electron chi connectivity index (χ1n) is 16.8. The summed E-state index contributed by atoms with van der Waals surface area (Å²) in [6, 6.07) is 0. The molecule has 0 saturated carbocycles. The zero-order chi connectivity index (χ0) is 28.4. The van der Waals surface area contributed by atoms with E-state index in [-0.39, 0.29) is 24.1 Å². The third-order valence-electron chi connectivity index (χ3n) is 7.97. The van der Waals surface area contributed by atoms with Crippen molar-refractivity contribution < 1.29 is 19.1 Å². The summed E-state index contributed by atoms with van der Waals surface area (Å²) in [5.41, 5.74) is 0. The van der Waals surface area contributed by atoms with E-state index in [2.05, 4.69) is 41.5 Å². The molecule has 0 bridgehead atoms. The molecule has 0 rings (SSSR count). The molecule has 4 heteroatoms. The summed E-state index contributed by atoms with van der Waals surface area (Å²) in [6.45, 7) is 13.4. The highest BCUT2D eigenvalue weighted by atomic mass is 16.5. The van der Waals surface area contributed by atoms with Gasteiger partial charge in [0.05, 0.1) is 0 Å². The molecule has 0 saturated heterocycles. The van der Waals surface area contributed by atoms with E-state index in [0.29, 0.717) is 18.8 Å². The molecule has 0 aliphatic heterocycles. The van der Waals surface area contributed by atoms with Crippen LogP contribution in [-0.4, -0.2) is 24.1 Å². The average Bonchev–Trinajstić information content (AvgIpc) is 2.89. The lowest BCUT2D eigenvalue weighted by Crippen LogP contribution is -2.18. The molecular formula is C34H66O4. The van der Waals surface area contributed by atoms with Gasteiger partial charge >= 0.3 is 11.9 Å². The molecule has 0 aliphatic rings. The highest BCUT2D eigenvalue weighted by Gasteiger charge is 2.16. The Hall–Kier alpha value is -1.06. The Bertz CT molecular complexity index is 485. The van der Waals surface area contributed by atoms with Gasteiger partial charge in [0.25, 0.3) is 0 Å². The molecule has 0 atom stereocenters. The summed E-state index contributed by atoms with van der Waals surface area (Å²) in [5.74, 6) is 1.42. The average molecular weight is 539 g/mol. The summed E-state index contributed by atoms with van der Waals surface area (Å²) in [5, 5.41) is 0. The van der Waals surface area contributed by atoms with Gasteiger partial charge in [0, 0.05) is 12.8 Å². The summed E-state index contributed by atoms with van der Waals surface area (Å²) < 4.78 is 11.6. The second-order valence-corrected chi connectivity index (χ2v) is 12.0. The van der Waals surface area contributed by atoms with Crippen LogP contribution in [0.2, 0.25) is 0 Å². The van der Waals surface area contributed by atoms with Gasteiger partial charge in [0.2, 0.25) is 0 Å². The van der Waals surface area contributed by atoms with E-state index in [1.165, 1.54) is 25.7 Å².